The summed E-state index contributed by atoms with van der Waals surface area (Å²) >= 11 is 0. The zero-order valence-electron chi connectivity index (χ0n) is 6.97. The molecule has 1 atom stereocenters. The Kier molecular flexibility index (Phi) is 3.26. The Morgan fingerprint density at radius 3 is 1.60 bits per heavy atom. The SMILES string of the molecule is CC(=O)C(=O)C(C)C(C)C. The van der Waals surface area contributed by atoms with Gasteiger partial charge in [-0.1, -0.05) is 20.8 Å². The minimum atomic E-state index is -0.332. The number of hydrogen-bond donors (Lipinski definition) is 0. The number of hydrogen-bond acceptors (Lipinski definition) is 2. The van der Waals surface area contributed by atoms with Gasteiger partial charge in [-0.3, -0.25) is 9.59 Å². The van der Waals surface area contributed by atoms with E-state index < -0.39 is 0 Å². The van der Waals surface area contributed by atoms with E-state index in [9.17, 15) is 9.59 Å². The average Bonchev–Trinajstić information content (AvgIpc) is 1.84. The minimum absolute atomic E-state index is 0.127. The summed E-state index contributed by atoms with van der Waals surface area (Å²) in [6, 6.07) is 0. The van der Waals surface area contributed by atoms with Crippen LogP contribution in [-0.4, -0.2) is 11.6 Å². The third kappa shape index (κ3) is 2.29. The first-order chi connectivity index (χ1) is 4.46. The Hall–Kier alpha value is -0.660. The summed E-state index contributed by atoms with van der Waals surface area (Å²) in [4.78, 5) is 21.5. The van der Waals surface area contributed by atoms with Gasteiger partial charge in [-0.05, 0) is 5.92 Å². The van der Waals surface area contributed by atoms with Crippen molar-refractivity contribution in [2.24, 2.45) is 11.8 Å². The molecule has 0 spiro atoms. The van der Waals surface area contributed by atoms with Crippen molar-refractivity contribution in [3.8, 4) is 0 Å². The molecule has 2 heteroatoms. The molecular formula is C8H14O2. The Morgan fingerprint density at radius 1 is 1.10 bits per heavy atom. The first-order valence-corrected chi connectivity index (χ1v) is 3.51. The molecule has 0 aliphatic heterocycles. The normalized spacial score (nSPS) is 13.3. The van der Waals surface area contributed by atoms with Crippen LogP contribution in [0.2, 0.25) is 0 Å². The van der Waals surface area contributed by atoms with E-state index in [-0.39, 0.29) is 23.4 Å². The fraction of sp³-hybridized carbons (Fsp3) is 0.750. The molecule has 0 aromatic heterocycles. The van der Waals surface area contributed by atoms with E-state index in [1.54, 1.807) is 6.92 Å². The predicted octanol–water partition coefficient (Wildman–Crippen LogP) is 1.44. The largest absolute Gasteiger partial charge is 0.291 e. The average molecular weight is 142 g/mol. The van der Waals surface area contributed by atoms with Crippen LogP contribution in [-0.2, 0) is 9.59 Å². The standard InChI is InChI=1S/C8H14O2/c1-5(2)6(3)8(10)7(4)9/h5-6H,1-4H3. The quantitative estimate of drug-likeness (QED) is 0.559. The van der Waals surface area contributed by atoms with Crippen molar-refractivity contribution < 1.29 is 9.59 Å². The lowest BCUT2D eigenvalue weighted by Gasteiger charge is -2.10. The second kappa shape index (κ2) is 3.49. The van der Waals surface area contributed by atoms with Crippen molar-refractivity contribution in [1.82, 2.24) is 0 Å². The maximum atomic E-state index is 10.9. The summed E-state index contributed by atoms with van der Waals surface area (Å²) in [5.41, 5.74) is 0. The van der Waals surface area contributed by atoms with Crippen molar-refractivity contribution in [3.63, 3.8) is 0 Å². The van der Waals surface area contributed by atoms with Gasteiger partial charge in [-0.15, -0.1) is 0 Å². The van der Waals surface area contributed by atoms with E-state index in [4.69, 9.17) is 0 Å². The Labute approximate surface area is 61.6 Å². The molecule has 0 aromatic rings. The van der Waals surface area contributed by atoms with Gasteiger partial charge in [0.25, 0.3) is 0 Å². The summed E-state index contributed by atoms with van der Waals surface area (Å²) in [5.74, 6) is -0.454. The van der Waals surface area contributed by atoms with E-state index in [0.717, 1.165) is 0 Å². The molecule has 0 rings (SSSR count). The zero-order valence-corrected chi connectivity index (χ0v) is 6.97. The van der Waals surface area contributed by atoms with Gasteiger partial charge in [-0.25, -0.2) is 0 Å². The van der Waals surface area contributed by atoms with Crippen LogP contribution in [0.5, 0.6) is 0 Å². The number of carbonyl (C=O) groups is 2. The molecule has 0 radical (unpaired) electrons. The molecule has 0 fully saturated rings. The van der Waals surface area contributed by atoms with E-state index in [2.05, 4.69) is 0 Å². The van der Waals surface area contributed by atoms with Crippen molar-refractivity contribution in [3.05, 3.63) is 0 Å². The Morgan fingerprint density at radius 2 is 1.50 bits per heavy atom. The van der Waals surface area contributed by atoms with E-state index in [0.29, 0.717) is 0 Å². The number of Topliss-reactive ketones (excluding diaryl/α,β-unsaturated/α-hetero) is 2. The van der Waals surface area contributed by atoms with Crippen LogP contribution in [0.15, 0.2) is 0 Å². The fourth-order valence-corrected chi connectivity index (χ4v) is 0.623. The smallest absolute Gasteiger partial charge is 0.201 e. The van der Waals surface area contributed by atoms with Crippen LogP contribution in [0, 0.1) is 11.8 Å². The maximum Gasteiger partial charge on any atom is 0.201 e. The predicted molar refractivity (Wildman–Crippen MR) is 39.7 cm³/mol. The van der Waals surface area contributed by atoms with E-state index >= 15 is 0 Å². The molecule has 0 saturated heterocycles. The van der Waals surface area contributed by atoms with Crippen LogP contribution in [0.1, 0.15) is 27.7 Å². The Balaban J connectivity index is 4.08. The van der Waals surface area contributed by atoms with Crippen molar-refractivity contribution in [1.29, 1.82) is 0 Å². The summed E-state index contributed by atoms with van der Waals surface area (Å²) < 4.78 is 0. The first-order valence-electron chi connectivity index (χ1n) is 3.51. The number of carbonyl (C=O) groups excluding carboxylic acids is 2. The minimum Gasteiger partial charge on any atom is -0.291 e. The third-order valence-electron chi connectivity index (χ3n) is 1.76. The van der Waals surface area contributed by atoms with Crippen LogP contribution < -0.4 is 0 Å². The van der Waals surface area contributed by atoms with Crippen molar-refractivity contribution in [2.75, 3.05) is 0 Å². The molecule has 0 bridgehead atoms. The van der Waals surface area contributed by atoms with Gasteiger partial charge >= 0.3 is 0 Å². The molecule has 1 unspecified atom stereocenters. The van der Waals surface area contributed by atoms with Gasteiger partial charge in [-0.2, -0.15) is 0 Å². The number of rotatable bonds is 3. The first kappa shape index (κ1) is 9.34. The summed E-state index contributed by atoms with van der Waals surface area (Å²) in [5, 5.41) is 0. The molecule has 0 heterocycles. The fourth-order valence-electron chi connectivity index (χ4n) is 0.623. The second-order valence-electron chi connectivity index (χ2n) is 2.95. The molecule has 10 heavy (non-hydrogen) atoms. The molecular weight excluding hydrogens is 128 g/mol. The summed E-state index contributed by atoms with van der Waals surface area (Å²) in [6.07, 6.45) is 0. The third-order valence-corrected chi connectivity index (χ3v) is 1.76. The van der Waals surface area contributed by atoms with Gasteiger partial charge in [0.2, 0.25) is 5.78 Å². The monoisotopic (exact) mass is 142 g/mol. The molecule has 0 N–H and O–H groups in total. The molecule has 0 amide bonds. The van der Waals surface area contributed by atoms with Crippen LogP contribution in [0.4, 0.5) is 0 Å². The lowest BCUT2D eigenvalue weighted by Crippen LogP contribution is -2.22. The van der Waals surface area contributed by atoms with E-state index in [1.807, 2.05) is 13.8 Å². The highest BCUT2D eigenvalue weighted by Crippen LogP contribution is 2.10. The highest BCUT2D eigenvalue weighted by molar-refractivity contribution is 6.36. The van der Waals surface area contributed by atoms with Gasteiger partial charge in [0.1, 0.15) is 0 Å². The highest BCUT2D eigenvalue weighted by atomic mass is 16.2. The number of ketones is 2. The van der Waals surface area contributed by atoms with Crippen LogP contribution >= 0.6 is 0 Å². The van der Waals surface area contributed by atoms with E-state index in [1.165, 1.54) is 6.92 Å². The molecule has 58 valence electrons. The van der Waals surface area contributed by atoms with Gasteiger partial charge in [0.05, 0.1) is 0 Å². The van der Waals surface area contributed by atoms with Crippen LogP contribution in [0.25, 0.3) is 0 Å². The molecule has 0 aromatic carbocycles. The molecule has 0 aliphatic carbocycles. The van der Waals surface area contributed by atoms with Gasteiger partial charge < -0.3 is 0 Å². The highest BCUT2D eigenvalue weighted by Gasteiger charge is 2.19. The lowest BCUT2D eigenvalue weighted by molar-refractivity contribution is -0.138. The molecule has 2 nitrogen and oxygen atoms in total. The van der Waals surface area contributed by atoms with Gasteiger partial charge in [0, 0.05) is 12.8 Å². The topological polar surface area (TPSA) is 34.1 Å². The zero-order chi connectivity index (χ0) is 8.31. The lowest BCUT2D eigenvalue weighted by atomic mass is 9.92. The van der Waals surface area contributed by atoms with Crippen LogP contribution in [0.3, 0.4) is 0 Å². The maximum absolute atomic E-state index is 10.9. The summed E-state index contributed by atoms with van der Waals surface area (Å²) in [7, 11) is 0. The van der Waals surface area contributed by atoms with Gasteiger partial charge in [0.15, 0.2) is 5.78 Å². The summed E-state index contributed by atoms with van der Waals surface area (Å²) in [6.45, 7) is 6.98. The Bertz CT molecular complexity index is 147. The molecule has 0 aliphatic rings. The van der Waals surface area contributed by atoms with Crippen molar-refractivity contribution >= 4 is 11.6 Å². The van der Waals surface area contributed by atoms with Crippen molar-refractivity contribution in [2.45, 2.75) is 27.7 Å². The molecule has 0 saturated carbocycles. The second-order valence-corrected chi connectivity index (χ2v) is 2.95.